The van der Waals surface area contributed by atoms with Crippen LogP contribution in [0.3, 0.4) is 0 Å². The van der Waals surface area contributed by atoms with E-state index in [0.717, 1.165) is 0 Å². The van der Waals surface area contributed by atoms with E-state index in [-0.39, 0.29) is 0 Å². The van der Waals surface area contributed by atoms with Gasteiger partial charge in [0.15, 0.2) is 0 Å². The van der Waals surface area contributed by atoms with Gasteiger partial charge in [-0.1, -0.05) is 63.8 Å². The predicted octanol–water partition coefficient (Wildman–Crippen LogP) is 5.25. The molecule has 0 radical (unpaired) electrons. The quantitative estimate of drug-likeness (QED) is 0.503. The van der Waals surface area contributed by atoms with Crippen molar-refractivity contribution in [1.82, 2.24) is 4.90 Å². The topological polar surface area (TPSA) is 3.24 Å². The highest BCUT2D eigenvalue weighted by Crippen LogP contribution is 2.16. The third kappa shape index (κ3) is 8.64. The Morgan fingerprint density at radius 1 is 0.842 bits per heavy atom. The van der Waals surface area contributed by atoms with Crippen molar-refractivity contribution in [2.24, 2.45) is 0 Å². The van der Waals surface area contributed by atoms with Crippen LogP contribution in [0.4, 0.5) is 0 Å². The fourth-order valence-corrected chi connectivity index (χ4v) is 5.64. The summed E-state index contributed by atoms with van der Waals surface area (Å²) >= 11 is 0. The molecule has 1 nitrogen and oxygen atoms in total. The molecule has 1 fully saturated rings. The first kappa shape index (κ1) is 17.0. The average molecular weight is 282 g/mol. The third-order valence-electron chi connectivity index (χ3n) is 4.26. The smallest absolute Gasteiger partial charge is 0.0666 e. The summed E-state index contributed by atoms with van der Waals surface area (Å²) in [5, 5.41) is 0. The summed E-state index contributed by atoms with van der Waals surface area (Å²) in [5.41, 5.74) is 0. The minimum atomic E-state index is -1.05. The highest BCUT2D eigenvalue weighted by Gasteiger charge is 2.22. The normalized spacial score (nSPS) is 21.4. The first-order valence-corrected chi connectivity index (χ1v) is 11.9. The molecule has 2 heteroatoms. The molecular formula is C17H35NSi. The average Bonchev–Trinajstić information content (AvgIpc) is 2.42. The molecule has 0 aliphatic carbocycles. The summed E-state index contributed by atoms with van der Waals surface area (Å²) in [6, 6.07) is 1.35. The van der Waals surface area contributed by atoms with Gasteiger partial charge in [-0.25, -0.2) is 0 Å². The van der Waals surface area contributed by atoms with Crippen LogP contribution in [0, 0.1) is 0 Å². The second-order valence-corrected chi connectivity index (χ2v) is 12.1. The Morgan fingerprint density at radius 3 is 1.79 bits per heavy atom. The lowest BCUT2D eigenvalue weighted by molar-refractivity contribution is 0.298. The van der Waals surface area contributed by atoms with Crippen molar-refractivity contribution < 1.29 is 0 Å². The zero-order valence-electron chi connectivity index (χ0n) is 13.6. The van der Waals surface area contributed by atoms with E-state index in [1.165, 1.54) is 76.7 Å². The van der Waals surface area contributed by atoms with Gasteiger partial charge in [-0.2, -0.15) is 0 Å². The van der Waals surface area contributed by atoms with Crippen LogP contribution in [0.1, 0.15) is 58.3 Å². The molecule has 1 aliphatic heterocycles. The van der Waals surface area contributed by atoms with E-state index >= 15 is 0 Å². The third-order valence-corrected chi connectivity index (χ3v) is 6.90. The number of hydrogen-bond acceptors (Lipinski definition) is 1. The van der Waals surface area contributed by atoms with Gasteiger partial charge in [0.1, 0.15) is 0 Å². The molecule has 0 saturated carbocycles. The molecule has 0 aromatic heterocycles. The highest BCUT2D eigenvalue weighted by molar-refractivity contribution is 6.78. The lowest BCUT2D eigenvalue weighted by Crippen LogP contribution is -2.43. The fourth-order valence-electron chi connectivity index (χ4n) is 3.11. The fraction of sp³-hybridized carbons (Fsp3) is 0.882. The van der Waals surface area contributed by atoms with Crippen LogP contribution < -0.4 is 0 Å². The molecule has 19 heavy (non-hydrogen) atoms. The Bertz CT molecular complexity index is 236. The van der Waals surface area contributed by atoms with E-state index in [2.05, 4.69) is 37.1 Å². The molecule has 0 unspecified atom stereocenters. The summed E-state index contributed by atoms with van der Waals surface area (Å²) in [6.07, 6.45) is 17.6. The van der Waals surface area contributed by atoms with Gasteiger partial charge in [0.25, 0.3) is 0 Å². The maximum Gasteiger partial charge on any atom is 0.0666 e. The van der Waals surface area contributed by atoms with Crippen LogP contribution in [0.15, 0.2) is 12.2 Å². The van der Waals surface area contributed by atoms with Crippen molar-refractivity contribution in [3.8, 4) is 0 Å². The number of nitrogens with zero attached hydrogens (tertiary/aromatic N) is 1. The number of rotatable bonds is 4. The van der Waals surface area contributed by atoms with E-state index in [1.54, 1.807) is 0 Å². The summed E-state index contributed by atoms with van der Waals surface area (Å²) in [4.78, 5) is 2.79. The highest BCUT2D eigenvalue weighted by atomic mass is 28.3. The molecule has 1 rings (SSSR count). The molecule has 1 saturated heterocycles. The molecule has 0 N–H and O–H groups in total. The van der Waals surface area contributed by atoms with Gasteiger partial charge in [0.05, 0.1) is 8.07 Å². The van der Waals surface area contributed by atoms with Gasteiger partial charge < -0.3 is 4.90 Å². The Balaban J connectivity index is 2.41. The van der Waals surface area contributed by atoms with Gasteiger partial charge in [-0.3, -0.25) is 0 Å². The lowest BCUT2D eigenvalue weighted by atomic mass is 10.1. The monoisotopic (exact) mass is 281 g/mol. The molecular weight excluding hydrogens is 246 g/mol. The summed E-state index contributed by atoms with van der Waals surface area (Å²) in [6.45, 7) is 9.96. The molecule has 0 aromatic carbocycles. The number of allylic oxidation sites excluding steroid dienone is 2. The molecule has 0 spiro atoms. The van der Waals surface area contributed by atoms with Gasteiger partial charge in [0, 0.05) is 0 Å². The molecule has 1 heterocycles. The SMILES string of the molecule is C/C=C/C[Si](C)(C)CN1CCCCCCCCCC1. The predicted molar refractivity (Wildman–Crippen MR) is 90.5 cm³/mol. The van der Waals surface area contributed by atoms with Crippen LogP contribution >= 0.6 is 0 Å². The van der Waals surface area contributed by atoms with Gasteiger partial charge in [-0.15, -0.1) is 0 Å². The minimum Gasteiger partial charge on any atom is -0.306 e. The zero-order chi connectivity index (χ0) is 14.0. The van der Waals surface area contributed by atoms with Crippen molar-refractivity contribution in [3.63, 3.8) is 0 Å². The van der Waals surface area contributed by atoms with Crippen molar-refractivity contribution in [3.05, 3.63) is 12.2 Å². The van der Waals surface area contributed by atoms with Gasteiger partial charge in [0.2, 0.25) is 0 Å². The minimum absolute atomic E-state index is 1.05. The van der Waals surface area contributed by atoms with Crippen LogP contribution in [0.5, 0.6) is 0 Å². The van der Waals surface area contributed by atoms with Crippen LogP contribution in [0.25, 0.3) is 0 Å². The van der Waals surface area contributed by atoms with E-state index in [0.29, 0.717) is 0 Å². The second-order valence-electron chi connectivity index (χ2n) is 7.04. The van der Waals surface area contributed by atoms with Gasteiger partial charge >= 0.3 is 0 Å². The van der Waals surface area contributed by atoms with E-state index < -0.39 is 8.07 Å². The standard InChI is InChI=1S/C17H35NSi/c1-4-5-16-19(2,3)17-18-14-12-10-8-6-7-9-11-13-15-18/h4-5H,6-17H2,1-3H3/b5-4+. The van der Waals surface area contributed by atoms with Crippen molar-refractivity contribution in [1.29, 1.82) is 0 Å². The number of hydrogen-bond donors (Lipinski definition) is 0. The molecule has 0 amide bonds. The van der Waals surface area contributed by atoms with Crippen LogP contribution in [-0.4, -0.2) is 32.2 Å². The zero-order valence-corrected chi connectivity index (χ0v) is 14.6. The maximum atomic E-state index is 2.79. The largest absolute Gasteiger partial charge is 0.306 e. The Morgan fingerprint density at radius 2 is 1.32 bits per heavy atom. The van der Waals surface area contributed by atoms with E-state index in [9.17, 15) is 0 Å². The molecule has 0 aromatic rings. The van der Waals surface area contributed by atoms with Crippen molar-refractivity contribution >= 4 is 8.07 Å². The maximum absolute atomic E-state index is 2.79. The van der Waals surface area contributed by atoms with E-state index in [1.807, 2.05) is 0 Å². The van der Waals surface area contributed by atoms with Crippen molar-refractivity contribution in [2.45, 2.75) is 77.4 Å². The van der Waals surface area contributed by atoms with Crippen LogP contribution in [0.2, 0.25) is 19.1 Å². The van der Waals surface area contributed by atoms with Crippen LogP contribution in [-0.2, 0) is 0 Å². The summed E-state index contributed by atoms with van der Waals surface area (Å²) in [7, 11) is -1.05. The Labute approximate surface area is 122 Å². The molecule has 0 atom stereocenters. The first-order chi connectivity index (χ1) is 9.14. The Hall–Kier alpha value is -0.0831. The van der Waals surface area contributed by atoms with Gasteiger partial charge in [-0.05, 0) is 45.1 Å². The summed E-state index contributed by atoms with van der Waals surface area (Å²) < 4.78 is 0. The lowest BCUT2D eigenvalue weighted by Gasteiger charge is -2.31. The molecule has 0 bridgehead atoms. The second kappa shape index (κ2) is 9.76. The Kier molecular flexibility index (Phi) is 8.72. The molecule has 1 aliphatic rings. The first-order valence-electron chi connectivity index (χ1n) is 8.47. The van der Waals surface area contributed by atoms with E-state index in [4.69, 9.17) is 0 Å². The molecule has 112 valence electrons. The van der Waals surface area contributed by atoms with Crippen molar-refractivity contribution in [2.75, 3.05) is 19.3 Å². The summed E-state index contributed by atoms with van der Waals surface area (Å²) in [5.74, 6) is 0.